The summed E-state index contributed by atoms with van der Waals surface area (Å²) in [6.45, 7) is 0. The predicted molar refractivity (Wildman–Crippen MR) is 94.8 cm³/mol. The minimum Gasteiger partial charge on any atom is -0.350 e. The van der Waals surface area contributed by atoms with E-state index in [9.17, 15) is 4.79 Å². The third kappa shape index (κ3) is 2.27. The number of nitrogens with one attached hydrogen (secondary N) is 1. The van der Waals surface area contributed by atoms with E-state index in [1.807, 2.05) is 84.5 Å². The van der Waals surface area contributed by atoms with Crippen molar-refractivity contribution in [3.63, 3.8) is 0 Å². The smallest absolute Gasteiger partial charge is 0.257 e. The maximum absolute atomic E-state index is 12.8. The van der Waals surface area contributed by atoms with E-state index in [4.69, 9.17) is 0 Å². The number of amides is 1. The average molecular weight is 300 g/mol. The molecule has 3 aromatic carbocycles. The Bertz CT molecular complexity index is 1020. The van der Waals surface area contributed by atoms with Crippen LogP contribution < -0.4 is 5.32 Å². The van der Waals surface area contributed by atoms with Gasteiger partial charge in [-0.15, -0.1) is 0 Å². The number of rotatable bonds is 2. The molecule has 0 bridgehead atoms. The lowest BCUT2D eigenvalue weighted by molar-refractivity contribution is 0.102. The van der Waals surface area contributed by atoms with Crippen molar-refractivity contribution in [1.82, 2.24) is 4.57 Å². The Labute approximate surface area is 134 Å². The van der Waals surface area contributed by atoms with Gasteiger partial charge in [0.2, 0.25) is 0 Å². The monoisotopic (exact) mass is 300 g/mol. The quantitative estimate of drug-likeness (QED) is 0.577. The maximum atomic E-state index is 12.8. The van der Waals surface area contributed by atoms with E-state index >= 15 is 0 Å². The molecule has 0 aliphatic rings. The van der Waals surface area contributed by atoms with Gasteiger partial charge in [-0.2, -0.15) is 0 Å². The molecule has 3 heteroatoms. The summed E-state index contributed by atoms with van der Waals surface area (Å²) in [4.78, 5) is 12.8. The third-order valence-electron chi connectivity index (χ3n) is 4.18. The summed E-state index contributed by atoms with van der Waals surface area (Å²) in [6, 6.07) is 21.9. The number of fused-ring (bicyclic) bond motifs is 2. The first kappa shape index (κ1) is 13.6. The van der Waals surface area contributed by atoms with E-state index in [1.54, 1.807) is 0 Å². The molecule has 4 aromatic rings. The lowest BCUT2D eigenvalue weighted by Crippen LogP contribution is -2.11. The zero-order chi connectivity index (χ0) is 15.8. The lowest BCUT2D eigenvalue weighted by atomic mass is 10.1. The summed E-state index contributed by atoms with van der Waals surface area (Å²) in [6.07, 6.45) is 1.88. The molecular formula is C20H16N2O. The fourth-order valence-corrected chi connectivity index (χ4v) is 3.05. The Morgan fingerprint density at radius 2 is 1.57 bits per heavy atom. The Hall–Kier alpha value is -3.07. The molecule has 3 nitrogen and oxygen atoms in total. The maximum Gasteiger partial charge on any atom is 0.257 e. The van der Waals surface area contributed by atoms with Gasteiger partial charge in [-0.05, 0) is 17.5 Å². The first-order valence-electron chi connectivity index (χ1n) is 7.57. The van der Waals surface area contributed by atoms with Crippen LogP contribution in [0.5, 0.6) is 0 Å². The topological polar surface area (TPSA) is 34.0 Å². The number of hydrogen-bond acceptors (Lipinski definition) is 1. The van der Waals surface area contributed by atoms with Crippen molar-refractivity contribution in [1.29, 1.82) is 0 Å². The van der Waals surface area contributed by atoms with Crippen molar-refractivity contribution in [2.24, 2.45) is 7.05 Å². The fraction of sp³-hybridized carbons (Fsp3) is 0.0500. The number of anilines is 1. The molecule has 1 heterocycles. The molecule has 0 saturated carbocycles. The number of carbonyl (C=O) groups is 1. The summed E-state index contributed by atoms with van der Waals surface area (Å²) in [5.41, 5.74) is 2.58. The molecule has 0 aliphatic carbocycles. The highest BCUT2D eigenvalue weighted by atomic mass is 16.1. The fourth-order valence-electron chi connectivity index (χ4n) is 3.05. The van der Waals surface area contributed by atoms with Crippen LogP contribution >= 0.6 is 0 Å². The second-order valence-electron chi connectivity index (χ2n) is 5.65. The van der Waals surface area contributed by atoms with Crippen LogP contribution in [-0.4, -0.2) is 10.5 Å². The van der Waals surface area contributed by atoms with Gasteiger partial charge < -0.3 is 9.88 Å². The number of carbonyl (C=O) groups excluding carboxylic acids is 1. The first-order chi connectivity index (χ1) is 11.2. The van der Waals surface area contributed by atoms with Gasteiger partial charge in [-0.25, -0.2) is 0 Å². The molecule has 4 rings (SSSR count). The second kappa shape index (κ2) is 5.29. The van der Waals surface area contributed by atoms with Crippen LogP contribution in [0.25, 0.3) is 21.7 Å². The summed E-state index contributed by atoms with van der Waals surface area (Å²) in [5.74, 6) is -0.0850. The van der Waals surface area contributed by atoms with Gasteiger partial charge in [0.25, 0.3) is 5.91 Å². The Kier molecular flexibility index (Phi) is 3.12. The number of benzene rings is 3. The van der Waals surface area contributed by atoms with E-state index in [2.05, 4.69) is 5.32 Å². The molecular weight excluding hydrogens is 284 g/mol. The van der Waals surface area contributed by atoms with E-state index in [1.165, 1.54) is 0 Å². The van der Waals surface area contributed by atoms with Crippen LogP contribution in [0.4, 0.5) is 5.69 Å². The van der Waals surface area contributed by atoms with Crippen molar-refractivity contribution in [2.75, 3.05) is 5.32 Å². The summed E-state index contributed by atoms with van der Waals surface area (Å²) in [7, 11) is 1.96. The Morgan fingerprint density at radius 1 is 0.870 bits per heavy atom. The molecule has 0 saturated heterocycles. The SMILES string of the molecule is Cn1cc(C(=O)Nc2cccc3ccccc23)c2ccccc21. The van der Waals surface area contributed by atoms with E-state index in [0.717, 1.165) is 27.4 Å². The Morgan fingerprint density at radius 3 is 2.43 bits per heavy atom. The molecule has 1 amide bonds. The highest BCUT2D eigenvalue weighted by molar-refractivity contribution is 6.15. The van der Waals surface area contributed by atoms with E-state index in [0.29, 0.717) is 5.56 Å². The molecule has 23 heavy (non-hydrogen) atoms. The van der Waals surface area contributed by atoms with Crippen LogP contribution in [0.1, 0.15) is 10.4 Å². The first-order valence-corrected chi connectivity index (χ1v) is 7.57. The van der Waals surface area contributed by atoms with Gasteiger partial charge in [-0.3, -0.25) is 4.79 Å². The van der Waals surface area contributed by atoms with Crippen LogP contribution in [0.15, 0.2) is 72.9 Å². The van der Waals surface area contributed by atoms with Crippen molar-refractivity contribution in [2.45, 2.75) is 0 Å². The molecule has 0 unspecified atom stereocenters. The minimum absolute atomic E-state index is 0.0850. The van der Waals surface area contributed by atoms with Crippen LogP contribution in [0.2, 0.25) is 0 Å². The number of aromatic nitrogens is 1. The van der Waals surface area contributed by atoms with Crippen LogP contribution in [0.3, 0.4) is 0 Å². The van der Waals surface area contributed by atoms with Crippen molar-refractivity contribution in [3.05, 3.63) is 78.5 Å². The molecule has 0 aliphatic heterocycles. The van der Waals surface area contributed by atoms with Gasteiger partial charge >= 0.3 is 0 Å². The number of nitrogens with zero attached hydrogens (tertiary/aromatic N) is 1. The van der Waals surface area contributed by atoms with Gasteiger partial charge in [0, 0.05) is 35.2 Å². The summed E-state index contributed by atoms with van der Waals surface area (Å²) in [5, 5.41) is 6.18. The molecule has 0 atom stereocenters. The predicted octanol–water partition coefficient (Wildman–Crippen LogP) is 4.58. The molecule has 0 spiro atoms. The van der Waals surface area contributed by atoms with Crippen LogP contribution in [-0.2, 0) is 7.05 Å². The van der Waals surface area contributed by atoms with Gasteiger partial charge in [0.15, 0.2) is 0 Å². The van der Waals surface area contributed by atoms with Crippen molar-refractivity contribution >= 4 is 33.3 Å². The van der Waals surface area contributed by atoms with Gasteiger partial charge in [0.05, 0.1) is 5.56 Å². The van der Waals surface area contributed by atoms with E-state index < -0.39 is 0 Å². The average Bonchev–Trinajstić information content (AvgIpc) is 2.93. The Balaban J connectivity index is 1.77. The van der Waals surface area contributed by atoms with Crippen LogP contribution in [0, 0.1) is 0 Å². The lowest BCUT2D eigenvalue weighted by Gasteiger charge is -2.08. The minimum atomic E-state index is -0.0850. The summed E-state index contributed by atoms with van der Waals surface area (Å²) < 4.78 is 1.98. The van der Waals surface area contributed by atoms with E-state index in [-0.39, 0.29) is 5.91 Å². The molecule has 1 aromatic heterocycles. The number of aryl methyl sites for hydroxylation is 1. The highest BCUT2D eigenvalue weighted by Gasteiger charge is 2.14. The number of para-hydroxylation sites is 1. The zero-order valence-corrected chi connectivity index (χ0v) is 12.8. The molecule has 0 fully saturated rings. The number of hydrogen-bond donors (Lipinski definition) is 1. The largest absolute Gasteiger partial charge is 0.350 e. The molecule has 0 radical (unpaired) electrons. The summed E-state index contributed by atoms with van der Waals surface area (Å²) >= 11 is 0. The highest BCUT2D eigenvalue weighted by Crippen LogP contribution is 2.25. The van der Waals surface area contributed by atoms with Gasteiger partial charge in [0.1, 0.15) is 0 Å². The normalized spacial score (nSPS) is 11.0. The van der Waals surface area contributed by atoms with Crippen molar-refractivity contribution < 1.29 is 4.79 Å². The zero-order valence-electron chi connectivity index (χ0n) is 12.8. The standard InChI is InChI=1S/C20H16N2O/c1-22-13-17(16-10-4-5-12-19(16)22)20(23)21-18-11-6-8-14-7-2-3-9-15(14)18/h2-13H,1H3,(H,21,23). The molecule has 112 valence electrons. The van der Waals surface area contributed by atoms with Crippen molar-refractivity contribution in [3.8, 4) is 0 Å². The third-order valence-corrected chi connectivity index (χ3v) is 4.18. The van der Waals surface area contributed by atoms with Gasteiger partial charge in [-0.1, -0.05) is 54.6 Å². The second-order valence-corrected chi connectivity index (χ2v) is 5.65. The molecule has 1 N–H and O–H groups in total.